The molecule has 2 rings (SSSR count). The van der Waals surface area contributed by atoms with Gasteiger partial charge in [-0.05, 0) is 19.4 Å². The molecule has 1 saturated heterocycles. The third-order valence-electron chi connectivity index (χ3n) is 2.71. The number of nitrogens with zero attached hydrogens (tertiary/aromatic N) is 3. The zero-order chi connectivity index (χ0) is 10.1. The smallest absolute Gasteiger partial charge is 0.0669 e. The van der Waals surface area contributed by atoms with Crippen molar-refractivity contribution < 1.29 is 0 Å². The molecule has 0 amide bonds. The molecule has 0 spiro atoms. The van der Waals surface area contributed by atoms with Crippen molar-refractivity contribution in [1.29, 1.82) is 5.26 Å². The molecule has 4 nitrogen and oxygen atoms in total. The summed E-state index contributed by atoms with van der Waals surface area (Å²) in [5.74, 6) is 0.148. The molecular weight excluding hydrogens is 176 g/mol. The molecule has 74 valence electrons. The van der Waals surface area contributed by atoms with Crippen molar-refractivity contribution in [3.63, 3.8) is 0 Å². The quantitative estimate of drug-likeness (QED) is 0.716. The fourth-order valence-corrected chi connectivity index (χ4v) is 2.02. The van der Waals surface area contributed by atoms with Crippen LogP contribution >= 0.6 is 0 Å². The number of hydrogen-bond acceptors (Lipinski definition) is 3. The summed E-state index contributed by atoms with van der Waals surface area (Å²) in [6, 6.07) is 4.68. The molecule has 2 unspecified atom stereocenters. The SMILES string of the molecule is Cc1cc(C2CC(C#N)CN2)n(C)n1. The molecule has 1 aliphatic heterocycles. The van der Waals surface area contributed by atoms with Gasteiger partial charge in [0, 0.05) is 13.6 Å². The van der Waals surface area contributed by atoms with Crippen LogP contribution in [0.2, 0.25) is 0 Å². The molecule has 2 atom stereocenters. The predicted molar refractivity (Wildman–Crippen MR) is 52.4 cm³/mol. The lowest BCUT2D eigenvalue weighted by Crippen LogP contribution is -2.16. The van der Waals surface area contributed by atoms with E-state index < -0.39 is 0 Å². The van der Waals surface area contributed by atoms with E-state index >= 15 is 0 Å². The molecule has 0 radical (unpaired) electrons. The van der Waals surface area contributed by atoms with E-state index in [0.717, 1.165) is 18.7 Å². The van der Waals surface area contributed by atoms with Gasteiger partial charge in [-0.25, -0.2) is 0 Å². The molecule has 4 heteroatoms. The highest BCUT2D eigenvalue weighted by Gasteiger charge is 2.27. The van der Waals surface area contributed by atoms with Gasteiger partial charge in [0.05, 0.1) is 29.4 Å². The minimum Gasteiger partial charge on any atom is -0.307 e. The van der Waals surface area contributed by atoms with Gasteiger partial charge in [0.2, 0.25) is 0 Å². The van der Waals surface area contributed by atoms with Crippen LogP contribution in [0.1, 0.15) is 23.9 Å². The molecule has 1 fully saturated rings. The van der Waals surface area contributed by atoms with E-state index in [1.807, 2.05) is 18.7 Å². The Hall–Kier alpha value is -1.34. The lowest BCUT2D eigenvalue weighted by molar-refractivity contribution is 0.568. The largest absolute Gasteiger partial charge is 0.307 e. The normalized spacial score (nSPS) is 26.4. The molecule has 0 aromatic carbocycles. The molecule has 1 aromatic heterocycles. The van der Waals surface area contributed by atoms with E-state index in [1.165, 1.54) is 5.69 Å². The maximum Gasteiger partial charge on any atom is 0.0669 e. The van der Waals surface area contributed by atoms with E-state index in [9.17, 15) is 0 Å². The van der Waals surface area contributed by atoms with Crippen LogP contribution in [0.5, 0.6) is 0 Å². The van der Waals surface area contributed by atoms with Gasteiger partial charge in [0.1, 0.15) is 0 Å². The molecule has 1 aromatic rings. The van der Waals surface area contributed by atoms with Crippen molar-refractivity contribution in [3.8, 4) is 6.07 Å². The third-order valence-corrected chi connectivity index (χ3v) is 2.71. The average Bonchev–Trinajstić information content (AvgIpc) is 2.71. The third kappa shape index (κ3) is 1.51. The Kier molecular flexibility index (Phi) is 2.26. The Morgan fingerprint density at radius 1 is 1.71 bits per heavy atom. The maximum atomic E-state index is 8.79. The van der Waals surface area contributed by atoms with Crippen molar-refractivity contribution >= 4 is 0 Å². The topological polar surface area (TPSA) is 53.6 Å². The molecule has 0 saturated carbocycles. The highest BCUT2D eigenvalue weighted by molar-refractivity contribution is 5.15. The van der Waals surface area contributed by atoms with Crippen LogP contribution < -0.4 is 5.32 Å². The summed E-state index contributed by atoms with van der Waals surface area (Å²) in [6.45, 7) is 2.78. The van der Waals surface area contributed by atoms with Gasteiger partial charge < -0.3 is 5.32 Å². The van der Waals surface area contributed by atoms with Crippen LogP contribution in [0.4, 0.5) is 0 Å². The van der Waals surface area contributed by atoms with E-state index in [1.54, 1.807) is 0 Å². The average molecular weight is 190 g/mol. The molecular formula is C10H14N4. The fourth-order valence-electron chi connectivity index (χ4n) is 2.02. The first kappa shape index (κ1) is 9.22. The summed E-state index contributed by atoms with van der Waals surface area (Å²) in [5.41, 5.74) is 2.21. The van der Waals surface area contributed by atoms with E-state index in [4.69, 9.17) is 5.26 Å². The van der Waals surface area contributed by atoms with Crippen molar-refractivity contribution in [2.45, 2.75) is 19.4 Å². The van der Waals surface area contributed by atoms with Gasteiger partial charge >= 0.3 is 0 Å². The Bertz CT molecular complexity index is 374. The summed E-state index contributed by atoms with van der Waals surface area (Å²) >= 11 is 0. The summed E-state index contributed by atoms with van der Waals surface area (Å²) in [5, 5.41) is 16.4. The molecule has 0 aliphatic carbocycles. The summed E-state index contributed by atoms with van der Waals surface area (Å²) < 4.78 is 1.90. The Balaban J connectivity index is 2.18. The van der Waals surface area contributed by atoms with Gasteiger partial charge in [-0.1, -0.05) is 0 Å². The molecule has 14 heavy (non-hydrogen) atoms. The van der Waals surface area contributed by atoms with E-state index in [-0.39, 0.29) is 5.92 Å². The Morgan fingerprint density at radius 2 is 2.50 bits per heavy atom. The number of aryl methyl sites for hydroxylation is 2. The van der Waals surface area contributed by atoms with Crippen molar-refractivity contribution in [2.75, 3.05) is 6.54 Å². The second-order valence-corrected chi connectivity index (χ2v) is 3.86. The lowest BCUT2D eigenvalue weighted by atomic mass is 10.1. The monoisotopic (exact) mass is 190 g/mol. The van der Waals surface area contributed by atoms with Crippen LogP contribution in [0, 0.1) is 24.2 Å². The number of aromatic nitrogens is 2. The molecule has 0 bridgehead atoms. The summed E-state index contributed by atoms with van der Waals surface area (Å²) in [7, 11) is 1.95. The van der Waals surface area contributed by atoms with Crippen LogP contribution in [0.15, 0.2) is 6.07 Å². The van der Waals surface area contributed by atoms with E-state index in [2.05, 4.69) is 22.6 Å². The minimum atomic E-state index is 0.148. The number of nitrogens with one attached hydrogen (secondary N) is 1. The highest BCUT2D eigenvalue weighted by atomic mass is 15.3. The van der Waals surface area contributed by atoms with Crippen LogP contribution in [0.25, 0.3) is 0 Å². The van der Waals surface area contributed by atoms with Crippen LogP contribution in [-0.2, 0) is 7.05 Å². The molecule has 2 heterocycles. The lowest BCUT2D eigenvalue weighted by Gasteiger charge is -2.09. The highest BCUT2D eigenvalue weighted by Crippen LogP contribution is 2.26. The van der Waals surface area contributed by atoms with Crippen LogP contribution in [-0.4, -0.2) is 16.3 Å². The predicted octanol–water partition coefficient (Wildman–Crippen LogP) is 0.903. The fraction of sp³-hybridized carbons (Fsp3) is 0.600. The zero-order valence-corrected chi connectivity index (χ0v) is 8.49. The first-order chi connectivity index (χ1) is 6.70. The van der Waals surface area contributed by atoms with Crippen molar-refractivity contribution in [2.24, 2.45) is 13.0 Å². The second-order valence-electron chi connectivity index (χ2n) is 3.86. The van der Waals surface area contributed by atoms with Crippen molar-refractivity contribution in [1.82, 2.24) is 15.1 Å². The first-order valence-electron chi connectivity index (χ1n) is 4.84. The van der Waals surface area contributed by atoms with Gasteiger partial charge in [-0.3, -0.25) is 4.68 Å². The summed E-state index contributed by atoms with van der Waals surface area (Å²) in [4.78, 5) is 0. The molecule has 1 N–H and O–H groups in total. The number of hydrogen-bond donors (Lipinski definition) is 1. The van der Waals surface area contributed by atoms with Gasteiger partial charge in [0.15, 0.2) is 0 Å². The standard InChI is InChI=1S/C10H14N4/c1-7-3-10(14(2)13-7)9-4-8(5-11)6-12-9/h3,8-9,12H,4,6H2,1-2H3. The number of rotatable bonds is 1. The Labute approximate surface area is 83.5 Å². The van der Waals surface area contributed by atoms with Crippen molar-refractivity contribution in [3.05, 3.63) is 17.5 Å². The Morgan fingerprint density at radius 3 is 3.00 bits per heavy atom. The van der Waals surface area contributed by atoms with Gasteiger partial charge in [-0.15, -0.1) is 0 Å². The molecule has 1 aliphatic rings. The van der Waals surface area contributed by atoms with Crippen LogP contribution in [0.3, 0.4) is 0 Å². The number of nitriles is 1. The summed E-state index contributed by atoms with van der Waals surface area (Å²) in [6.07, 6.45) is 0.898. The van der Waals surface area contributed by atoms with Gasteiger partial charge in [0.25, 0.3) is 0 Å². The van der Waals surface area contributed by atoms with E-state index in [0.29, 0.717) is 6.04 Å². The zero-order valence-electron chi connectivity index (χ0n) is 8.49. The minimum absolute atomic E-state index is 0.148. The maximum absolute atomic E-state index is 8.79. The second kappa shape index (κ2) is 3.43. The van der Waals surface area contributed by atoms with Gasteiger partial charge in [-0.2, -0.15) is 10.4 Å². The first-order valence-corrected chi connectivity index (χ1v) is 4.84.